The zero-order chi connectivity index (χ0) is 13.1. The first-order chi connectivity index (χ1) is 8.58. The summed E-state index contributed by atoms with van der Waals surface area (Å²) in [4.78, 5) is 0. The number of aliphatic hydroxyl groups excluding tert-OH is 1. The van der Waals surface area contributed by atoms with Crippen LogP contribution in [0.25, 0.3) is 0 Å². The molecule has 2 atom stereocenters. The molecular weight excluding hydrogens is 273 g/mol. The van der Waals surface area contributed by atoms with E-state index in [4.69, 9.17) is 27.9 Å². The summed E-state index contributed by atoms with van der Waals surface area (Å²) in [7, 11) is 0. The van der Waals surface area contributed by atoms with Crippen molar-refractivity contribution in [3.05, 3.63) is 27.7 Å². The van der Waals surface area contributed by atoms with Crippen LogP contribution in [0.5, 0.6) is 5.75 Å². The Morgan fingerprint density at radius 2 is 2.28 bits per heavy atom. The Labute approximate surface area is 117 Å². The third kappa shape index (κ3) is 3.29. The highest BCUT2D eigenvalue weighted by atomic mass is 35.5. The van der Waals surface area contributed by atoms with Gasteiger partial charge < -0.3 is 15.2 Å². The first-order valence-corrected chi connectivity index (χ1v) is 6.86. The summed E-state index contributed by atoms with van der Waals surface area (Å²) < 4.78 is 5.59. The van der Waals surface area contributed by atoms with Gasteiger partial charge in [-0.25, -0.2) is 0 Å². The van der Waals surface area contributed by atoms with Gasteiger partial charge in [0, 0.05) is 23.0 Å². The minimum absolute atomic E-state index is 0.184. The number of hydrogen-bond acceptors (Lipinski definition) is 3. The largest absolute Gasteiger partial charge is 0.492 e. The zero-order valence-corrected chi connectivity index (χ0v) is 11.8. The molecule has 5 heteroatoms. The Morgan fingerprint density at radius 1 is 1.50 bits per heavy atom. The van der Waals surface area contributed by atoms with E-state index in [2.05, 4.69) is 5.32 Å². The molecule has 1 aromatic carbocycles. The standard InChI is InChI=1S/C13H17Cl2NO2/c1-8(17)2-4-16-12-3-5-18-13-10(12)6-9(14)7-11(13)15/h6-8,12,16-17H,2-5H2,1H3. The fourth-order valence-corrected chi connectivity index (χ4v) is 2.67. The smallest absolute Gasteiger partial charge is 0.142 e. The first-order valence-electron chi connectivity index (χ1n) is 6.11. The van der Waals surface area contributed by atoms with Gasteiger partial charge in [-0.05, 0) is 32.0 Å². The molecule has 2 unspecified atom stereocenters. The van der Waals surface area contributed by atoms with Crippen LogP contribution in [0.2, 0.25) is 10.0 Å². The van der Waals surface area contributed by atoms with E-state index in [0.29, 0.717) is 16.7 Å². The molecular formula is C13H17Cl2NO2. The van der Waals surface area contributed by atoms with Crippen molar-refractivity contribution in [3.63, 3.8) is 0 Å². The first kappa shape index (κ1) is 13.9. The van der Waals surface area contributed by atoms with Gasteiger partial charge in [-0.15, -0.1) is 0 Å². The van der Waals surface area contributed by atoms with Gasteiger partial charge in [0.2, 0.25) is 0 Å². The number of rotatable bonds is 4. The topological polar surface area (TPSA) is 41.5 Å². The SMILES string of the molecule is CC(O)CCNC1CCOc2c(Cl)cc(Cl)cc21. The van der Waals surface area contributed by atoms with Crippen LogP contribution in [-0.2, 0) is 0 Å². The maximum absolute atomic E-state index is 9.26. The molecule has 100 valence electrons. The van der Waals surface area contributed by atoms with Crippen LogP contribution in [0.1, 0.15) is 31.4 Å². The summed E-state index contributed by atoms with van der Waals surface area (Å²) in [6.45, 7) is 3.18. The molecule has 2 N–H and O–H groups in total. The molecule has 0 radical (unpaired) electrons. The third-order valence-electron chi connectivity index (χ3n) is 3.02. The van der Waals surface area contributed by atoms with Gasteiger partial charge in [-0.3, -0.25) is 0 Å². The quantitative estimate of drug-likeness (QED) is 0.895. The minimum atomic E-state index is -0.292. The van der Waals surface area contributed by atoms with Crippen LogP contribution in [0.4, 0.5) is 0 Å². The summed E-state index contributed by atoms with van der Waals surface area (Å²) in [6, 6.07) is 3.77. The summed E-state index contributed by atoms with van der Waals surface area (Å²) in [5.41, 5.74) is 1.00. The second-order valence-corrected chi connectivity index (χ2v) is 5.43. The van der Waals surface area contributed by atoms with Crippen molar-refractivity contribution in [3.8, 4) is 5.75 Å². The normalized spacial score (nSPS) is 20.1. The lowest BCUT2D eigenvalue weighted by atomic mass is 10.0. The lowest BCUT2D eigenvalue weighted by Crippen LogP contribution is -2.29. The van der Waals surface area contributed by atoms with Gasteiger partial charge >= 0.3 is 0 Å². The van der Waals surface area contributed by atoms with Crippen molar-refractivity contribution in [1.82, 2.24) is 5.32 Å². The molecule has 0 aromatic heterocycles. The fraction of sp³-hybridized carbons (Fsp3) is 0.538. The van der Waals surface area contributed by atoms with Crippen molar-refractivity contribution < 1.29 is 9.84 Å². The second-order valence-electron chi connectivity index (χ2n) is 4.59. The van der Waals surface area contributed by atoms with Gasteiger partial charge in [0.1, 0.15) is 5.75 Å². The molecule has 0 spiro atoms. The predicted octanol–water partition coefficient (Wildman–Crippen LogP) is 3.18. The van der Waals surface area contributed by atoms with Crippen molar-refractivity contribution in [2.45, 2.75) is 31.9 Å². The Morgan fingerprint density at radius 3 is 3.00 bits per heavy atom. The fourth-order valence-electron chi connectivity index (χ4n) is 2.10. The number of nitrogens with one attached hydrogen (secondary N) is 1. The van der Waals surface area contributed by atoms with Crippen LogP contribution >= 0.6 is 23.2 Å². The number of aliphatic hydroxyl groups is 1. The molecule has 0 aliphatic carbocycles. The highest BCUT2D eigenvalue weighted by Gasteiger charge is 2.23. The Hall–Kier alpha value is -0.480. The van der Waals surface area contributed by atoms with Crippen LogP contribution in [0.3, 0.4) is 0 Å². The van der Waals surface area contributed by atoms with Gasteiger partial charge in [0.25, 0.3) is 0 Å². The van der Waals surface area contributed by atoms with Crippen LogP contribution in [0, 0.1) is 0 Å². The van der Waals surface area contributed by atoms with Crippen molar-refractivity contribution in [1.29, 1.82) is 0 Å². The van der Waals surface area contributed by atoms with E-state index in [-0.39, 0.29) is 12.1 Å². The number of fused-ring (bicyclic) bond motifs is 1. The monoisotopic (exact) mass is 289 g/mol. The summed E-state index contributed by atoms with van der Waals surface area (Å²) in [5, 5.41) is 13.8. The molecule has 18 heavy (non-hydrogen) atoms. The lowest BCUT2D eigenvalue weighted by Gasteiger charge is -2.28. The molecule has 1 aromatic rings. The molecule has 0 saturated carbocycles. The summed E-state index contributed by atoms with van der Waals surface area (Å²) in [6.07, 6.45) is 1.31. The Bertz CT molecular complexity index is 424. The molecule has 0 bridgehead atoms. The maximum Gasteiger partial charge on any atom is 0.142 e. The van der Waals surface area contributed by atoms with E-state index in [1.165, 1.54) is 0 Å². The van der Waals surface area contributed by atoms with E-state index in [1.54, 1.807) is 13.0 Å². The van der Waals surface area contributed by atoms with Crippen molar-refractivity contribution in [2.75, 3.05) is 13.2 Å². The van der Waals surface area contributed by atoms with Gasteiger partial charge in [0.15, 0.2) is 0 Å². The number of hydrogen-bond donors (Lipinski definition) is 2. The average Bonchev–Trinajstić information content (AvgIpc) is 2.29. The Balaban J connectivity index is 2.12. The van der Waals surface area contributed by atoms with Gasteiger partial charge in [0.05, 0.1) is 17.7 Å². The molecule has 2 rings (SSSR count). The third-order valence-corrected chi connectivity index (χ3v) is 3.52. The predicted molar refractivity (Wildman–Crippen MR) is 73.6 cm³/mol. The summed E-state index contributed by atoms with van der Waals surface area (Å²) in [5.74, 6) is 0.724. The van der Waals surface area contributed by atoms with E-state index < -0.39 is 0 Å². The van der Waals surface area contributed by atoms with Gasteiger partial charge in [-0.2, -0.15) is 0 Å². The Kier molecular flexibility index (Phi) is 4.73. The number of benzene rings is 1. The molecule has 0 amide bonds. The average molecular weight is 290 g/mol. The zero-order valence-electron chi connectivity index (χ0n) is 10.2. The van der Waals surface area contributed by atoms with Crippen LogP contribution in [-0.4, -0.2) is 24.4 Å². The van der Waals surface area contributed by atoms with E-state index >= 15 is 0 Å². The van der Waals surface area contributed by atoms with Crippen LogP contribution < -0.4 is 10.1 Å². The molecule has 1 aliphatic rings. The molecule has 1 aliphatic heterocycles. The lowest BCUT2D eigenvalue weighted by molar-refractivity contribution is 0.179. The molecule has 1 heterocycles. The number of ether oxygens (including phenoxy) is 1. The number of halogens is 2. The molecule has 0 saturated heterocycles. The highest BCUT2D eigenvalue weighted by molar-refractivity contribution is 6.35. The van der Waals surface area contributed by atoms with E-state index in [0.717, 1.165) is 30.7 Å². The van der Waals surface area contributed by atoms with Crippen molar-refractivity contribution >= 4 is 23.2 Å². The highest BCUT2D eigenvalue weighted by Crippen LogP contribution is 2.39. The molecule has 3 nitrogen and oxygen atoms in total. The van der Waals surface area contributed by atoms with E-state index in [9.17, 15) is 5.11 Å². The molecule has 0 fully saturated rings. The maximum atomic E-state index is 9.26. The van der Waals surface area contributed by atoms with Crippen molar-refractivity contribution in [2.24, 2.45) is 0 Å². The van der Waals surface area contributed by atoms with Gasteiger partial charge in [-0.1, -0.05) is 23.2 Å². The van der Waals surface area contributed by atoms with Crippen LogP contribution in [0.15, 0.2) is 12.1 Å². The second kappa shape index (κ2) is 6.11. The summed E-state index contributed by atoms with van der Waals surface area (Å²) >= 11 is 12.1. The minimum Gasteiger partial charge on any atom is -0.492 e. The van der Waals surface area contributed by atoms with E-state index in [1.807, 2.05) is 6.07 Å².